The number of hydrogen-bond donors (Lipinski definition) is 3. The van der Waals surface area contributed by atoms with Gasteiger partial charge in [0, 0.05) is 35.6 Å². The molecule has 0 saturated heterocycles. The van der Waals surface area contributed by atoms with E-state index in [0.717, 1.165) is 33.3 Å². The minimum Gasteiger partial charge on any atom is -0.480 e. The molecule has 238 valence electrons. The van der Waals surface area contributed by atoms with Crippen LogP contribution in [0.15, 0.2) is 53.5 Å². The summed E-state index contributed by atoms with van der Waals surface area (Å²) in [5.41, 5.74) is 4.19. The number of aliphatic carboxylic acids is 1. The largest absolute Gasteiger partial charge is 0.480 e. The molecule has 13 heteroatoms. The van der Waals surface area contributed by atoms with Crippen molar-refractivity contribution >= 4 is 28.5 Å². The van der Waals surface area contributed by atoms with Gasteiger partial charge in [-0.05, 0) is 74.9 Å². The van der Waals surface area contributed by atoms with E-state index in [4.69, 9.17) is 5.11 Å². The number of amides is 1. The fraction of sp³-hybridized carbons (Fsp3) is 0.312. The van der Waals surface area contributed by atoms with Gasteiger partial charge in [0.2, 0.25) is 0 Å². The first kappa shape index (κ1) is 33.1. The van der Waals surface area contributed by atoms with Gasteiger partial charge in [-0.25, -0.2) is 8.78 Å². The average Bonchev–Trinajstić information content (AvgIpc) is 3.80. The Kier molecular flexibility index (Phi) is 9.59. The molecule has 45 heavy (non-hydrogen) atoms. The molecule has 0 aliphatic heterocycles. The van der Waals surface area contributed by atoms with Crippen LogP contribution in [0.2, 0.25) is 0 Å². The summed E-state index contributed by atoms with van der Waals surface area (Å²) in [6, 6.07) is 9.30. The lowest BCUT2D eigenvalue weighted by atomic mass is 9.96. The molecule has 0 spiro atoms. The highest BCUT2D eigenvalue weighted by molar-refractivity contribution is 5.97. The lowest BCUT2D eigenvalue weighted by Crippen LogP contribution is -2.38. The zero-order chi connectivity index (χ0) is 33.2. The van der Waals surface area contributed by atoms with E-state index in [0.29, 0.717) is 25.0 Å². The van der Waals surface area contributed by atoms with Crippen LogP contribution in [-0.2, 0) is 11.8 Å². The second-order valence-corrected chi connectivity index (χ2v) is 10.9. The Bertz CT molecular complexity index is 1810. The number of benzene rings is 2. The Morgan fingerprint density at radius 1 is 1.04 bits per heavy atom. The van der Waals surface area contributed by atoms with E-state index in [2.05, 4.69) is 24.0 Å². The standard InChI is InChI=1S/C18H18N2O.C14H13F5N2O3/c1-11-7-8-15(17-14(11)6-5-9-19-17)16-12(2)10-13(3)20(4)18(16)21;15-8-3-7(21-12(6-1-2-6)14(17,18)19)4-9(16)11(8)13(24)20-5-10(22)23/h5-10H,1-4H3;3-4,6,12,21H,1-2,5H2,(H,20,24)(H,22,23). The molecule has 1 aliphatic rings. The molecule has 1 fully saturated rings. The molecule has 2 aromatic carbocycles. The highest BCUT2D eigenvalue weighted by Gasteiger charge is 2.49. The van der Waals surface area contributed by atoms with Gasteiger partial charge in [0.25, 0.3) is 11.5 Å². The van der Waals surface area contributed by atoms with Crippen molar-refractivity contribution in [3.05, 3.63) is 93.0 Å². The van der Waals surface area contributed by atoms with Gasteiger partial charge in [0.1, 0.15) is 29.8 Å². The third-order valence-electron chi connectivity index (χ3n) is 7.56. The second-order valence-electron chi connectivity index (χ2n) is 10.9. The first-order valence-corrected chi connectivity index (χ1v) is 13.9. The van der Waals surface area contributed by atoms with Crippen molar-refractivity contribution in [3.63, 3.8) is 0 Å². The zero-order valence-electron chi connectivity index (χ0n) is 24.9. The van der Waals surface area contributed by atoms with Gasteiger partial charge >= 0.3 is 12.1 Å². The quantitative estimate of drug-likeness (QED) is 0.214. The molecule has 5 rings (SSSR count). The van der Waals surface area contributed by atoms with E-state index in [-0.39, 0.29) is 5.56 Å². The topological polar surface area (TPSA) is 113 Å². The van der Waals surface area contributed by atoms with Gasteiger partial charge in [-0.3, -0.25) is 19.4 Å². The molecule has 2 heterocycles. The van der Waals surface area contributed by atoms with Gasteiger partial charge in [0.05, 0.1) is 11.1 Å². The number of rotatable bonds is 7. The molecular formula is C32H31F5N4O4. The Hall–Kier alpha value is -4.81. The van der Waals surface area contributed by atoms with Crippen molar-refractivity contribution in [2.45, 2.75) is 45.8 Å². The van der Waals surface area contributed by atoms with Crippen molar-refractivity contribution < 1.29 is 36.6 Å². The molecule has 0 bridgehead atoms. The Labute approximate surface area is 254 Å². The Morgan fingerprint density at radius 3 is 2.27 bits per heavy atom. The predicted octanol–water partition coefficient (Wildman–Crippen LogP) is 6.06. The number of hydrogen-bond acceptors (Lipinski definition) is 5. The summed E-state index contributed by atoms with van der Waals surface area (Å²) in [6.45, 7) is 5.14. The van der Waals surface area contributed by atoms with E-state index < -0.39 is 59.4 Å². The summed E-state index contributed by atoms with van der Waals surface area (Å²) < 4.78 is 68.2. The lowest BCUT2D eigenvalue weighted by Gasteiger charge is -2.22. The van der Waals surface area contributed by atoms with Crippen LogP contribution in [0.25, 0.3) is 22.0 Å². The molecule has 4 aromatic rings. The van der Waals surface area contributed by atoms with E-state index >= 15 is 0 Å². The second kappa shape index (κ2) is 13.0. The smallest absolute Gasteiger partial charge is 0.408 e. The maximum atomic E-state index is 13.9. The maximum Gasteiger partial charge on any atom is 0.408 e. The number of carboxylic acid groups (broad SMARTS) is 1. The molecular weight excluding hydrogens is 599 g/mol. The van der Waals surface area contributed by atoms with Gasteiger partial charge in [-0.15, -0.1) is 0 Å². The number of anilines is 1. The fourth-order valence-electron chi connectivity index (χ4n) is 5.02. The van der Waals surface area contributed by atoms with Crippen molar-refractivity contribution in [1.82, 2.24) is 14.9 Å². The molecule has 1 amide bonds. The van der Waals surface area contributed by atoms with Crippen LogP contribution in [0.4, 0.5) is 27.6 Å². The number of aryl methyl sites for hydroxylation is 3. The summed E-state index contributed by atoms with van der Waals surface area (Å²) in [5, 5.41) is 13.3. The molecule has 3 N–H and O–H groups in total. The number of pyridine rings is 2. The number of carboxylic acids is 1. The van der Waals surface area contributed by atoms with Crippen LogP contribution in [-0.4, -0.2) is 45.3 Å². The normalized spacial score (nSPS) is 13.5. The van der Waals surface area contributed by atoms with Crippen LogP contribution in [0, 0.1) is 38.3 Å². The van der Waals surface area contributed by atoms with Gasteiger partial charge < -0.3 is 20.3 Å². The first-order valence-electron chi connectivity index (χ1n) is 13.9. The van der Waals surface area contributed by atoms with Gasteiger partial charge in [0.15, 0.2) is 0 Å². The number of halogens is 5. The molecule has 0 radical (unpaired) electrons. The lowest BCUT2D eigenvalue weighted by molar-refractivity contribution is -0.146. The SMILES string of the molecule is Cc1cc(C)n(C)c(=O)c1-c1ccc(C)c2cccnc12.O=C(O)CNC(=O)c1c(F)cc(NC(C2CC2)C(F)(F)F)cc1F. The van der Waals surface area contributed by atoms with Crippen LogP contribution in [0.5, 0.6) is 0 Å². The van der Waals surface area contributed by atoms with Crippen LogP contribution in [0.3, 0.4) is 0 Å². The monoisotopic (exact) mass is 630 g/mol. The number of carbonyl (C=O) groups is 2. The summed E-state index contributed by atoms with van der Waals surface area (Å²) in [7, 11) is 1.81. The summed E-state index contributed by atoms with van der Waals surface area (Å²) >= 11 is 0. The zero-order valence-corrected chi connectivity index (χ0v) is 24.9. The van der Waals surface area contributed by atoms with Crippen molar-refractivity contribution in [3.8, 4) is 11.1 Å². The molecule has 2 aromatic heterocycles. The molecule has 1 unspecified atom stereocenters. The Morgan fingerprint density at radius 2 is 1.69 bits per heavy atom. The van der Waals surface area contributed by atoms with E-state index in [1.165, 1.54) is 5.56 Å². The number of aromatic nitrogens is 2. The molecule has 1 atom stereocenters. The van der Waals surface area contributed by atoms with E-state index in [9.17, 15) is 36.3 Å². The van der Waals surface area contributed by atoms with Gasteiger partial charge in [-0.2, -0.15) is 13.2 Å². The summed E-state index contributed by atoms with van der Waals surface area (Å²) in [6.07, 6.45) is -2.08. The van der Waals surface area contributed by atoms with Crippen molar-refractivity contribution in [2.24, 2.45) is 13.0 Å². The molecule has 1 saturated carbocycles. The molecule has 1 aliphatic carbocycles. The van der Waals surface area contributed by atoms with Crippen molar-refractivity contribution in [2.75, 3.05) is 11.9 Å². The third-order valence-corrected chi connectivity index (χ3v) is 7.56. The number of carbonyl (C=O) groups excluding carboxylic acids is 1. The number of alkyl halides is 3. The predicted molar refractivity (Wildman–Crippen MR) is 159 cm³/mol. The summed E-state index contributed by atoms with van der Waals surface area (Å²) in [5.74, 6) is -6.17. The highest BCUT2D eigenvalue weighted by atomic mass is 19.4. The third kappa shape index (κ3) is 7.47. The highest BCUT2D eigenvalue weighted by Crippen LogP contribution is 2.42. The first-order chi connectivity index (χ1) is 21.1. The van der Waals surface area contributed by atoms with E-state index in [1.807, 2.05) is 44.4 Å². The van der Waals surface area contributed by atoms with Crippen molar-refractivity contribution in [1.29, 1.82) is 0 Å². The van der Waals surface area contributed by atoms with Crippen LogP contribution >= 0.6 is 0 Å². The summed E-state index contributed by atoms with van der Waals surface area (Å²) in [4.78, 5) is 39.1. The maximum absolute atomic E-state index is 13.9. The van der Waals surface area contributed by atoms with E-state index in [1.54, 1.807) is 16.1 Å². The minimum absolute atomic E-state index is 0.0308. The minimum atomic E-state index is -4.58. The number of nitrogens with one attached hydrogen (secondary N) is 2. The number of fused-ring (bicyclic) bond motifs is 1. The average molecular weight is 631 g/mol. The van der Waals surface area contributed by atoms with Crippen LogP contribution in [0.1, 0.15) is 40.0 Å². The molecule has 8 nitrogen and oxygen atoms in total. The van der Waals surface area contributed by atoms with Gasteiger partial charge in [-0.1, -0.05) is 18.2 Å². The van der Waals surface area contributed by atoms with Crippen LogP contribution < -0.4 is 16.2 Å². The fourth-order valence-corrected chi connectivity index (χ4v) is 5.02. The number of nitrogens with zero attached hydrogens (tertiary/aromatic N) is 2. The Balaban J connectivity index is 0.000000206.